The zero-order chi connectivity index (χ0) is 25.1. The predicted molar refractivity (Wildman–Crippen MR) is 144 cm³/mol. The number of rotatable bonds is 7. The number of carbonyl (C=O) groups is 1. The van der Waals surface area contributed by atoms with E-state index in [9.17, 15) is 4.79 Å². The number of nitrogens with zero attached hydrogens (tertiary/aromatic N) is 1. The Hall–Kier alpha value is -3.28. The molecule has 4 rings (SSSR count). The summed E-state index contributed by atoms with van der Waals surface area (Å²) in [7, 11) is 1.51. The van der Waals surface area contributed by atoms with Crippen LogP contribution in [0.4, 0.5) is 5.69 Å². The number of aryl methyl sites for hydroxylation is 1. The lowest BCUT2D eigenvalue weighted by molar-refractivity contribution is -0.111. The minimum atomic E-state index is -0.306. The number of ether oxygens (including phenoxy) is 1. The van der Waals surface area contributed by atoms with Gasteiger partial charge in [-0.05, 0) is 72.9 Å². The third-order valence-electron chi connectivity index (χ3n) is 5.99. The summed E-state index contributed by atoms with van der Waals surface area (Å²) in [5, 5.41) is 3.75. The number of nitrogens with one attached hydrogen (secondary N) is 1. The number of benzene rings is 3. The Kier molecular flexibility index (Phi) is 7.48. The SMILES string of the molecule is CCC(C)c1ccc2oc(-c3ccc(C)c(NC(=O)C=Cc4cc(Cl)cc(Cl)c4OC)c3)nc2c1. The van der Waals surface area contributed by atoms with Gasteiger partial charge in [0.1, 0.15) is 11.3 Å². The van der Waals surface area contributed by atoms with Crippen molar-refractivity contribution in [3.63, 3.8) is 0 Å². The van der Waals surface area contributed by atoms with Crippen LogP contribution in [0.1, 0.15) is 42.9 Å². The monoisotopic (exact) mass is 508 g/mol. The van der Waals surface area contributed by atoms with Gasteiger partial charge in [0.25, 0.3) is 0 Å². The number of aromatic nitrogens is 1. The van der Waals surface area contributed by atoms with Gasteiger partial charge in [-0.2, -0.15) is 0 Å². The molecule has 0 saturated heterocycles. The first kappa shape index (κ1) is 24.8. The van der Waals surface area contributed by atoms with E-state index < -0.39 is 0 Å². The Balaban J connectivity index is 1.57. The minimum Gasteiger partial charge on any atom is -0.495 e. The standard InChI is InChI=1S/C28H26Cl2N2O3/c1-5-16(2)18-8-10-25-24(13-18)32-28(35-25)20-7-6-17(3)23(14-20)31-26(33)11-9-19-12-21(29)15-22(30)27(19)34-4/h6-16H,5H2,1-4H3,(H,31,33). The van der Waals surface area contributed by atoms with E-state index in [0.717, 1.165) is 28.6 Å². The van der Waals surface area contributed by atoms with Gasteiger partial charge in [0.2, 0.25) is 11.8 Å². The Morgan fingerprint density at radius 2 is 1.97 bits per heavy atom. The second-order valence-corrected chi connectivity index (χ2v) is 9.26. The summed E-state index contributed by atoms with van der Waals surface area (Å²) in [6.07, 6.45) is 4.08. The molecule has 0 aliphatic carbocycles. The second-order valence-electron chi connectivity index (χ2n) is 8.42. The first-order valence-corrected chi connectivity index (χ1v) is 12.1. The van der Waals surface area contributed by atoms with Gasteiger partial charge in [-0.3, -0.25) is 4.79 Å². The molecule has 0 bridgehead atoms. The van der Waals surface area contributed by atoms with Crippen molar-refractivity contribution >= 4 is 52.0 Å². The number of fused-ring (bicyclic) bond motifs is 1. The maximum Gasteiger partial charge on any atom is 0.248 e. The first-order valence-electron chi connectivity index (χ1n) is 11.3. The summed E-state index contributed by atoms with van der Waals surface area (Å²) in [4.78, 5) is 17.4. The molecule has 1 atom stereocenters. The molecule has 7 heteroatoms. The zero-order valence-corrected chi connectivity index (χ0v) is 21.5. The highest BCUT2D eigenvalue weighted by Gasteiger charge is 2.13. The molecule has 1 aromatic heterocycles. The number of hydrogen-bond acceptors (Lipinski definition) is 4. The van der Waals surface area contributed by atoms with Crippen molar-refractivity contribution in [2.45, 2.75) is 33.1 Å². The fourth-order valence-corrected chi connectivity index (χ4v) is 4.35. The molecule has 1 heterocycles. The average molecular weight is 509 g/mol. The molecule has 0 spiro atoms. The van der Waals surface area contributed by atoms with Crippen LogP contribution in [0.2, 0.25) is 10.0 Å². The summed E-state index contributed by atoms with van der Waals surface area (Å²) in [5.41, 5.74) is 5.75. The molecule has 0 fully saturated rings. The zero-order valence-electron chi connectivity index (χ0n) is 20.0. The highest BCUT2D eigenvalue weighted by Crippen LogP contribution is 2.33. The van der Waals surface area contributed by atoms with Gasteiger partial charge in [0.05, 0.1) is 12.1 Å². The lowest BCUT2D eigenvalue weighted by Crippen LogP contribution is -2.09. The van der Waals surface area contributed by atoms with Crippen LogP contribution in [0.25, 0.3) is 28.6 Å². The molecule has 180 valence electrons. The Labute approximate surface area is 214 Å². The lowest BCUT2D eigenvalue weighted by atomic mass is 9.98. The van der Waals surface area contributed by atoms with Gasteiger partial charge in [0, 0.05) is 27.9 Å². The Bertz CT molecular complexity index is 1430. The molecule has 35 heavy (non-hydrogen) atoms. The Morgan fingerprint density at radius 3 is 2.71 bits per heavy atom. The van der Waals surface area contributed by atoms with E-state index >= 15 is 0 Å². The smallest absolute Gasteiger partial charge is 0.248 e. The molecule has 0 aliphatic heterocycles. The van der Waals surface area contributed by atoms with Crippen LogP contribution in [-0.2, 0) is 4.79 Å². The summed E-state index contributed by atoms with van der Waals surface area (Å²) in [6.45, 7) is 6.29. The number of hydrogen-bond donors (Lipinski definition) is 1. The highest BCUT2D eigenvalue weighted by atomic mass is 35.5. The number of oxazole rings is 1. The molecular weight excluding hydrogens is 483 g/mol. The number of halogens is 2. The largest absolute Gasteiger partial charge is 0.495 e. The van der Waals surface area contributed by atoms with Crippen LogP contribution in [0.3, 0.4) is 0 Å². The summed E-state index contributed by atoms with van der Waals surface area (Å²) in [6, 6.07) is 15.1. The van der Waals surface area contributed by atoms with Crippen LogP contribution in [0.5, 0.6) is 5.75 Å². The maximum atomic E-state index is 12.7. The van der Waals surface area contributed by atoms with Crippen LogP contribution < -0.4 is 10.1 Å². The van der Waals surface area contributed by atoms with Crippen molar-refractivity contribution in [2.24, 2.45) is 0 Å². The van der Waals surface area contributed by atoms with Gasteiger partial charge in [-0.15, -0.1) is 0 Å². The fraction of sp³-hybridized carbons (Fsp3) is 0.214. The van der Waals surface area contributed by atoms with Crippen molar-refractivity contribution < 1.29 is 13.9 Å². The number of amides is 1. The van der Waals surface area contributed by atoms with Crippen molar-refractivity contribution in [3.8, 4) is 17.2 Å². The normalized spacial score (nSPS) is 12.3. The van der Waals surface area contributed by atoms with Gasteiger partial charge in [-0.25, -0.2) is 4.98 Å². The molecule has 0 aliphatic rings. The third kappa shape index (κ3) is 5.53. The van der Waals surface area contributed by atoms with E-state index in [-0.39, 0.29) is 5.91 Å². The summed E-state index contributed by atoms with van der Waals surface area (Å²) < 4.78 is 11.3. The molecule has 0 radical (unpaired) electrons. The average Bonchev–Trinajstić information content (AvgIpc) is 3.26. The van der Waals surface area contributed by atoms with E-state index in [2.05, 4.69) is 36.3 Å². The number of carbonyl (C=O) groups excluding carboxylic acids is 1. The molecule has 1 unspecified atom stereocenters. The van der Waals surface area contributed by atoms with E-state index in [1.54, 1.807) is 18.2 Å². The summed E-state index contributed by atoms with van der Waals surface area (Å²) >= 11 is 12.3. The molecule has 1 amide bonds. The molecule has 4 aromatic rings. The maximum absolute atomic E-state index is 12.7. The van der Waals surface area contributed by atoms with Crippen LogP contribution >= 0.6 is 23.2 Å². The van der Waals surface area contributed by atoms with E-state index in [1.807, 2.05) is 31.2 Å². The van der Waals surface area contributed by atoms with Gasteiger partial charge >= 0.3 is 0 Å². The lowest BCUT2D eigenvalue weighted by Gasteiger charge is -2.09. The summed E-state index contributed by atoms with van der Waals surface area (Å²) in [5.74, 6) is 1.10. The first-order chi connectivity index (χ1) is 16.8. The number of anilines is 1. The fourth-order valence-electron chi connectivity index (χ4n) is 3.76. The van der Waals surface area contributed by atoms with Gasteiger partial charge in [-0.1, -0.05) is 49.2 Å². The Morgan fingerprint density at radius 1 is 1.17 bits per heavy atom. The molecule has 0 saturated carbocycles. The van der Waals surface area contributed by atoms with Gasteiger partial charge in [0.15, 0.2) is 5.58 Å². The van der Waals surface area contributed by atoms with Crippen LogP contribution in [-0.4, -0.2) is 18.0 Å². The van der Waals surface area contributed by atoms with E-state index in [0.29, 0.717) is 38.9 Å². The van der Waals surface area contributed by atoms with Crippen LogP contribution in [0, 0.1) is 6.92 Å². The van der Waals surface area contributed by atoms with E-state index in [4.69, 9.17) is 32.4 Å². The van der Waals surface area contributed by atoms with Crippen molar-refractivity contribution in [1.82, 2.24) is 4.98 Å². The highest BCUT2D eigenvalue weighted by molar-refractivity contribution is 6.36. The van der Waals surface area contributed by atoms with Crippen molar-refractivity contribution in [2.75, 3.05) is 12.4 Å². The molecular formula is C28H26Cl2N2O3. The van der Waals surface area contributed by atoms with Gasteiger partial charge < -0.3 is 14.5 Å². The van der Waals surface area contributed by atoms with Crippen LogP contribution in [0.15, 0.2) is 59.0 Å². The third-order valence-corrected chi connectivity index (χ3v) is 6.49. The second kappa shape index (κ2) is 10.5. The topological polar surface area (TPSA) is 64.4 Å². The quantitative estimate of drug-likeness (QED) is 0.255. The molecule has 3 aromatic carbocycles. The predicted octanol–water partition coefficient (Wildman–Crippen LogP) is 8.28. The van der Waals surface area contributed by atoms with E-state index in [1.165, 1.54) is 18.7 Å². The van der Waals surface area contributed by atoms with Crippen molar-refractivity contribution in [1.29, 1.82) is 0 Å². The molecule has 1 N–H and O–H groups in total. The minimum absolute atomic E-state index is 0.306. The van der Waals surface area contributed by atoms with Crippen molar-refractivity contribution in [3.05, 3.63) is 81.3 Å². The molecule has 5 nitrogen and oxygen atoms in total. The number of methoxy groups -OCH3 is 1.